The van der Waals surface area contributed by atoms with Crippen LogP contribution in [0.4, 0.5) is 0 Å². The molecule has 0 saturated heterocycles. The van der Waals surface area contributed by atoms with Crippen molar-refractivity contribution in [3.8, 4) is 0 Å². The van der Waals surface area contributed by atoms with E-state index in [9.17, 15) is 10.2 Å². The van der Waals surface area contributed by atoms with Crippen molar-refractivity contribution in [2.24, 2.45) is 0 Å². The minimum Gasteiger partial charge on any atom is -0.390 e. The third-order valence-electron chi connectivity index (χ3n) is 2.79. The zero-order valence-electron chi connectivity index (χ0n) is 8.40. The van der Waals surface area contributed by atoms with Crippen LogP contribution in [0.25, 0.3) is 0 Å². The normalized spacial score (nSPS) is 20.5. The van der Waals surface area contributed by atoms with E-state index in [1.165, 1.54) is 0 Å². The molecule has 0 radical (unpaired) electrons. The second kappa shape index (κ2) is 3.37. The van der Waals surface area contributed by atoms with E-state index in [0.29, 0.717) is 6.42 Å². The van der Waals surface area contributed by atoms with E-state index >= 15 is 0 Å². The maximum absolute atomic E-state index is 9.75. The number of benzene rings is 1. The van der Waals surface area contributed by atoms with Crippen LogP contribution in [0.3, 0.4) is 0 Å². The Morgan fingerprint density at radius 3 is 2.71 bits per heavy atom. The molecule has 14 heavy (non-hydrogen) atoms. The Balaban J connectivity index is 2.13. The van der Waals surface area contributed by atoms with Gasteiger partial charge in [-0.05, 0) is 30.9 Å². The molecule has 76 valence electrons. The maximum atomic E-state index is 9.75. The van der Waals surface area contributed by atoms with Gasteiger partial charge in [-0.25, -0.2) is 0 Å². The number of aliphatic hydroxyl groups is 2. The Morgan fingerprint density at radius 2 is 2.14 bits per heavy atom. The van der Waals surface area contributed by atoms with E-state index in [4.69, 9.17) is 0 Å². The summed E-state index contributed by atoms with van der Waals surface area (Å²) in [4.78, 5) is 0. The summed E-state index contributed by atoms with van der Waals surface area (Å²) < 4.78 is 0. The van der Waals surface area contributed by atoms with Crippen LogP contribution >= 0.6 is 0 Å². The van der Waals surface area contributed by atoms with E-state index in [1.54, 1.807) is 6.92 Å². The summed E-state index contributed by atoms with van der Waals surface area (Å²) in [6, 6.07) is 7.82. The second-order valence-electron chi connectivity index (χ2n) is 4.32. The van der Waals surface area contributed by atoms with Gasteiger partial charge in [0.25, 0.3) is 0 Å². The molecule has 0 amide bonds. The third kappa shape index (κ3) is 2.14. The van der Waals surface area contributed by atoms with Gasteiger partial charge in [0.15, 0.2) is 0 Å². The molecular formula is C12H16O2. The van der Waals surface area contributed by atoms with Crippen molar-refractivity contribution in [2.45, 2.75) is 37.9 Å². The molecule has 0 heterocycles. The lowest BCUT2D eigenvalue weighted by atomic mass is 10.0. The SMILES string of the molecule is CC(O)c1cccc(CC2(O)CC2)c1. The quantitative estimate of drug-likeness (QED) is 0.766. The van der Waals surface area contributed by atoms with E-state index in [2.05, 4.69) is 0 Å². The zero-order chi connectivity index (χ0) is 10.2. The van der Waals surface area contributed by atoms with Crippen LogP contribution in [0.2, 0.25) is 0 Å². The number of rotatable bonds is 3. The second-order valence-corrected chi connectivity index (χ2v) is 4.32. The largest absolute Gasteiger partial charge is 0.390 e. The van der Waals surface area contributed by atoms with E-state index in [1.807, 2.05) is 24.3 Å². The van der Waals surface area contributed by atoms with Crippen LogP contribution in [0.1, 0.15) is 37.0 Å². The lowest BCUT2D eigenvalue weighted by molar-refractivity contribution is 0.150. The first-order valence-corrected chi connectivity index (χ1v) is 5.08. The first kappa shape index (κ1) is 9.69. The van der Waals surface area contributed by atoms with E-state index < -0.39 is 11.7 Å². The lowest BCUT2D eigenvalue weighted by Crippen LogP contribution is -2.10. The number of hydrogen-bond acceptors (Lipinski definition) is 2. The molecule has 0 aromatic heterocycles. The van der Waals surface area contributed by atoms with Gasteiger partial charge < -0.3 is 10.2 Å². The molecule has 0 spiro atoms. The van der Waals surface area contributed by atoms with Crippen LogP contribution in [-0.2, 0) is 6.42 Å². The fourth-order valence-electron chi connectivity index (χ4n) is 1.66. The van der Waals surface area contributed by atoms with Gasteiger partial charge in [0.2, 0.25) is 0 Å². The zero-order valence-corrected chi connectivity index (χ0v) is 8.40. The Hall–Kier alpha value is -0.860. The molecule has 2 N–H and O–H groups in total. The molecule has 2 heteroatoms. The monoisotopic (exact) mass is 192 g/mol. The van der Waals surface area contributed by atoms with Gasteiger partial charge in [0, 0.05) is 6.42 Å². The first-order chi connectivity index (χ1) is 6.59. The summed E-state index contributed by atoms with van der Waals surface area (Å²) in [5, 5.41) is 19.1. The van der Waals surface area contributed by atoms with Crippen molar-refractivity contribution in [3.63, 3.8) is 0 Å². The van der Waals surface area contributed by atoms with Gasteiger partial charge in [-0.3, -0.25) is 0 Å². The van der Waals surface area contributed by atoms with Gasteiger partial charge in [-0.2, -0.15) is 0 Å². The topological polar surface area (TPSA) is 40.5 Å². The number of aliphatic hydroxyl groups excluding tert-OH is 1. The van der Waals surface area contributed by atoms with E-state index in [0.717, 1.165) is 24.0 Å². The Morgan fingerprint density at radius 1 is 1.43 bits per heavy atom. The van der Waals surface area contributed by atoms with Crippen LogP contribution in [0.5, 0.6) is 0 Å². The van der Waals surface area contributed by atoms with Gasteiger partial charge in [0.1, 0.15) is 0 Å². The molecule has 0 bridgehead atoms. The molecule has 1 atom stereocenters. The minimum atomic E-state index is -0.447. The molecule has 2 rings (SSSR count). The number of hydrogen-bond donors (Lipinski definition) is 2. The van der Waals surface area contributed by atoms with Crippen molar-refractivity contribution >= 4 is 0 Å². The Bertz CT molecular complexity index is 327. The molecule has 1 aromatic carbocycles. The smallest absolute Gasteiger partial charge is 0.0762 e. The molecule has 1 fully saturated rings. The molecule has 1 aromatic rings. The third-order valence-corrected chi connectivity index (χ3v) is 2.79. The predicted octanol–water partition coefficient (Wildman–Crippen LogP) is 1.81. The molecule has 0 aliphatic heterocycles. The highest BCUT2D eigenvalue weighted by molar-refractivity contribution is 5.27. The molecule has 2 nitrogen and oxygen atoms in total. The lowest BCUT2D eigenvalue weighted by Gasteiger charge is -2.10. The van der Waals surface area contributed by atoms with Gasteiger partial charge in [-0.15, -0.1) is 0 Å². The highest BCUT2D eigenvalue weighted by atomic mass is 16.3. The summed E-state index contributed by atoms with van der Waals surface area (Å²) in [6.07, 6.45) is 2.11. The summed E-state index contributed by atoms with van der Waals surface area (Å²) in [7, 11) is 0. The minimum absolute atomic E-state index is 0.427. The molecule has 1 aliphatic carbocycles. The van der Waals surface area contributed by atoms with Crippen molar-refractivity contribution in [3.05, 3.63) is 35.4 Å². The van der Waals surface area contributed by atoms with Gasteiger partial charge in [-0.1, -0.05) is 24.3 Å². The standard InChI is InChI=1S/C12H16O2/c1-9(13)11-4-2-3-10(7-11)8-12(14)5-6-12/h2-4,7,9,13-14H,5-6,8H2,1H3. The average molecular weight is 192 g/mol. The van der Waals surface area contributed by atoms with Gasteiger partial charge in [0.05, 0.1) is 11.7 Å². The van der Waals surface area contributed by atoms with Crippen LogP contribution < -0.4 is 0 Å². The highest BCUT2D eigenvalue weighted by Gasteiger charge is 2.40. The Kier molecular flexibility index (Phi) is 2.33. The summed E-state index contributed by atoms with van der Waals surface area (Å²) in [5.41, 5.74) is 1.59. The first-order valence-electron chi connectivity index (χ1n) is 5.08. The van der Waals surface area contributed by atoms with Crippen LogP contribution in [0, 0.1) is 0 Å². The van der Waals surface area contributed by atoms with Crippen LogP contribution in [0.15, 0.2) is 24.3 Å². The van der Waals surface area contributed by atoms with Gasteiger partial charge >= 0.3 is 0 Å². The van der Waals surface area contributed by atoms with E-state index in [-0.39, 0.29) is 0 Å². The Labute approximate surface area is 84.2 Å². The highest BCUT2D eigenvalue weighted by Crippen LogP contribution is 2.38. The summed E-state index contributed by atoms with van der Waals surface area (Å²) in [5.74, 6) is 0. The predicted molar refractivity (Wildman–Crippen MR) is 55.0 cm³/mol. The summed E-state index contributed by atoms with van der Waals surface area (Å²) in [6.45, 7) is 1.75. The fraction of sp³-hybridized carbons (Fsp3) is 0.500. The molecule has 1 saturated carbocycles. The fourth-order valence-corrected chi connectivity index (χ4v) is 1.66. The van der Waals surface area contributed by atoms with Crippen molar-refractivity contribution in [2.75, 3.05) is 0 Å². The van der Waals surface area contributed by atoms with Crippen molar-refractivity contribution < 1.29 is 10.2 Å². The molecular weight excluding hydrogens is 176 g/mol. The maximum Gasteiger partial charge on any atom is 0.0762 e. The molecule has 1 aliphatic rings. The van der Waals surface area contributed by atoms with Crippen LogP contribution in [-0.4, -0.2) is 15.8 Å². The average Bonchev–Trinajstić information content (AvgIpc) is 2.83. The van der Waals surface area contributed by atoms with Crippen molar-refractivity contribution in [1.82, 2.24) is 0 Å². The summed E-state index contributed by atoms with van der Waals surface area (Å²) >= 11 is 0. The molecule has 1 unspecified atom stereocenters. The van der Waals surface area contributed by atoms with Crippen molar-refractivity contribution in [1.29, 1.82) is 0 Å².